The Morgan fingerprint density at radius 1 is 1.25 bits per heavy atom. The molecule has 0 aliphatic carbocycles. The summed E-state index contributed by atoms with van der Waals surface area (Å²) in [7, 11) is 0. The molecule has 0 spiro atoms. The minimum absolute atomic E-state index is 1.01. The topological polar surface area (TPSA) is 0 Å². The van der Waals surface area contributed by atoms with E-state index in [9.17, 15) is 0 Å². The molecule has 0 heteroatoms. The fraction of sp³-hybridized carbons (Fsp3) is 0.333. The van der Waals surface area contributed by atoms with Gasteiger partial charge in [0.25, 0.3) is 0 Å². The summed E-state index contributed by atoms with van der Waals surface area (Å²) < 4.78 is 0. The van der Waals surface area contributed by atoms with Gasteiger partial charge in [0, 0.05) is 5.56 Å². The van der Waals surface area contributed by atoms with E-state index in [4.69, 9.17) is 6.42 Å². The molecule has 1 rings (SSSR count). The highest BCUT2D eigenvalue weighted by atomic mass is 14.0. The molecule has 0 aliphatic heterocycles. The molecule has 64 valence electrons. The van der Waals surface area contributed by atoms with Crippen molar-refractivity contribution in [3.8, 4) is 12.3 Å². The highest BCUT2D eigenvalue weighted by Gasteiger charge is 1.92. The summed E-state index contributed by atoms with van der Waals surface area (Å²) >= 11 is 0. The predicted molar refractivity (Wildman–Crippen MR) is 55.1 cm³/mol. The second-order valence-corrected chi connectivity index (χ2v) is 2.16. The van der Waals surface area contributed by atoms with E-state index in [0.717, 1.165) is 12.0 Å². The third-order valence-corrected chi connectivity index (χ3v) is 1.55. The molecule has 1 aromatic rings. The van der Waals surface area contributed by atoms with Crippen LogP contribution in [0.15, 0.2) is 24.3 Å². The first-order valence-corrected chi connectivity index (χ1v) is 4.43. The van der Waals surface area contributed by atoms with Crippen LogP contribution >= 0.6 is 0 Å². The van der Waals surface area contributed by atoms with Gasteiger partial charge >= 0.3 is 0 Å². The Hall–Kier alpha value is -1.22. The summed E-state index contributed by atoms with van der Waals surface area (Å²) in [6, 6.07) is 8.02. The smallest absolute Gasteiger partial charge is 0.0274 e. The van der Waals surface area contributed by atoms with Gasteiger partial charge in [0.15, 0.2) is 0 Å². The lowest BCUT2D eigenvalue weighted by Crippen LogP contribution is -1.84. The monoisotopic (exact) mass is 160 g/mol. The van der Waals surface area contributed by atoms with Crippen molar-refractivity contribution in [1.82, 2.24) is 0 Å². The highest BCUT2D eigenvalue weighted by Crippen LogP contribution is 2.06. The van der Waals surface area contributed by atoms with Gasteiger partial charge < -0.3 is 0 Å². The van der Waals surface area contributed by atoms with Crippen molar-refractivity contribution in [1.29, 1.82) is 0 Å². The largest absolute Gasteiger partial charge is 0.115 e. The number of rotatable bonds is 1. The van der Waals surface area contributed by atoms with Crippen LogP contribution in [-0.2, 0) is 6.42 Å². The zero-order valence-electron chi connectivity index (χ0n) is 8.09. The second kappa shape index (κ2) is 6.49. The maximum atomic E-state index is 5.28. The van der Waals surface area contributed by atoms with E-state index in [-0.39, 0.29) is 0 Å². The van der Waals surface area contributed by atoms with Gasteiger partial charge in [0.2, 0.25) is 0 Å². The van der Waals surface area contributed by atoms with Crippen LogP contribution in [0.2, 0.25) is 0 Å². The van der Waals surface area contributed by atoms with Crippen LogP contribution in [-0.4, -0.2) is 0 Å². The molecule has 0 amide bonds. The third-order valence-electron chi connectivity index (χ3n) is 1.55. The van der Waals surface area contributed by atoms with Gasteiger partial charge in [-0.15, -0.1) is 6.42 Å². The Morgan fingerprint density at radius 3 is 2.25 bits per heavy atom. The average Bonchev–Trinajstić information content (AvgIpc) is 2.20. The van der Waals surface area contributed by atoms with Crippen LogP contribution in [0.5, 0.6) is 0 Å². The molecule has 0 aliphatic rings. The zero-order chi connectivity index (χ0) is 9.40. The van der Waals surface area contributed by atoms with E-state index in [1.54, 1.807) is 0 Å². The molecule has 0 radical (unpaired) electrons. The van der Waals surface area contributed by atoms with Gasteiger partial charge in [-0.2, -0.15) is 0 Å². The number of benzene rings is 1. The SMILES string of the molecule is C#Cc1ccccc1CC.CC. The maximum Gasteiger partial charge on any atom is 0.0274 e. The van der Waals surface area contributed by atoms with Crippen molar-refractivity contribution >= 4 is 0 Å². The molecule has 0 aromatic heterocycles. The molecule has 0 unspecified atom stereocenters. The van der Waals surface area contributed by atoms with Gasteiger partial charge in [0.05, 0.1) is 0 Å². The van der Waals surface area contributed by atoms with Crippen LogP contribution in [0.4, 0.5) is 0 Å². The van der Waals surface area contributed by atoms with Gasteiger partial charge in [-0.3, -0.25) is 0 Å². The lowest BCUT2D eigenvalue weighted by atomic mass is 10.1. The van der Waals surface area contributed by atoms with Crippen LogP contribution in [0.3, 0.4) is 0 Å². The van der Waals surface area contributed by atoms with Crippen molar-refractivity contribution in [3.63, 3.8) is 0 Å². The Kier molecular flexibility index (Phi) is 5.83. The summed E-state index contributed by atoms with van der Waals surface area (Å²) in [6.07, 6.45) is 6.29. The fourth-order valence-corrected chi connectivity index (χ4v) is 0.969. The fourth-order valence-electron chi connectivity index (χ4n) is 0.969. The number of aryl methyl sites for hydroxylation is 1. The Morgan fingerprint density at radius 2 is 1.83 bits per heavy atom. The van der Waals surface area contributed by atoms with Crippen LogP contribution < -0.4 is 0 Å². The Labute approximate surface area is 75.6 Å². The Bertz CT molecular complexity index is 253. The summed E-state index contributed by atoms with van der Waals surface area (Å²) in [5.41, 5.74) is 2.27. The van der Waals surface area contributed by atoms with E-state index in [2.05, 4.69) is 18.9 Å². The number of hydrogen-bond acceptors (Lipinski definition) is 0. The second-order valence-electron chi connectivity index (χ2n) is 2.16. The molecule has 0 saturated carbocycles. The molecule has 0 saturated heterocycles. The zero-order valence-corrected chi connectivity index (χ0v) is 8.09. The van der Waals surface area contributed by atoms with Gasteiger partial charge in [-0.05, 0) is 18.1 Å². The standard InChI is InChI=1S/C10H10.C2H6/c1-3-9-7-5-6-8-10(9)4-2;1-2/h1,5-8H,4H2,2H3;1-2H3. The van der Waals surface area contributed by atoms with Crippen molar-refractivity contribution in [2.75, 3.05) is 0 Å². The maximum absolute atomic E-state index is 5.28. The molecular formula is C12H16. The highest BCUT2D eigenvalue weighted by molar-refractivity contribution is 5.39. The molecule has 0 heterocycles. The van der Waals surface area contributed by atoms with Crippen molar-refractivity contribution < 1.29 is 0 Å². The van der Waals surface area contributed by atoms with E-state index < -0.39 is 0 Å². The first-order valence-electron chi connectivity index (χ1n) is 4.43. The van der Waals surface area contributed by atoms with Crippen molar-refractivity contribution in [2.24, 2.45) is 0 Å². The predicted octanol–water partition coefficient (Wildman–Crippen LogP) is 3.26. The van der Waals surface area contributed by atoms with Crippen molar-refractivity contribution in [2.45, 2.75) is 27.2 Å². The molecule has 1 aromatic carbocycles. The first kappa shape index (κ1) is 10.8. The lowest BCUT2D eigenvalue weighted by molar-refractivity contribution is 1.13. The van der Waals surface area contributed by atoms with Gasteiger partial charge in [0.1, 0.15) is 0 Å². The van der Waals surface area contributed by atoms with Crippen LogP contribution in [0, 0.1) is 12.3 Å². The normalized spacial score (nSPS) is 7.83. The quantitative estimate of drug-likeness (QED) is 0.553. The summed E-state index contributed by atoms with van der Waals surface area (Å²) in [6.45, 7) is 6.11. The molecule has 0 N–H and O–H groups in total. The minimum Gasteiger partial charge on any atom is -0.115 e. The number of hydrogen-bond donors (Lipinski definition) is 0. The van der Waals surface area contributed by atoms with Gasteiger partial charge in [-0.25, -0.2) is 0 Å². The van der Waals surface area contributed by atoms with E-state index >= 15 is 0 Å². The molecular weight excluding hydrogens is 144 g/mol. The third kappa shape index (κ3) is 2.80. The number of terminal acetylenes is 1. The van der Waals surface area contributed by atoms with Gasteiger partial charge in [-0.1, -0.05) is 44.9 Å². The molecule has 12 heavy (non-hydrogen) atoms. The average molecular weight is 160 g/mol. The molecule has 0 atom stereocenters. The van der Waals surface area contributed by atoms with Crippen LogP contribution in [0.1, 0.15) is 31.9 Å². The summed E-state index contributed by atoms with van der Waals surface area (Å²) in [4.78, 5) is 0. The molecule has 0 nitrogen and oxygen atoms in total. The molecule has 0 bridgehead atoms. The van der Waals surface area contributed by atoms with E-state index in [0.29, 0.717) is 0 Å². The van der Waals surface area contributed by atoms with E-state index in [1.807, 2.05) is 32.0 Å². The Balaban J connectivity index is 0.000000561. The molecule has 0 fully saturated rings. The minimum atomic E-state index is 1.01. The first-order chi connectivity index (χ1) is 5.88. The lowest BCUT2D eigenvalue weighted by Gasteiger charge is -1.97. The van der Waals surface area contributed by atoms with E-state index in [1.165, 1.54) is 5.56 Å². The summed E-state index contributed by atoms with van der Waals surface area (Å²) in [5.74, 6) is 2.65. The van der Waals surface area contributed by atoms with Crippen molar-refractivity contribution in [3.05, 3.63) is 35.4 Å². The van der Waals surface area contributed by atoms with Crippen LogP contribution in [0.25, 0.3) is 0 Å². The summed E-state index contributed by atoms with van der Waals surface area (Å²) in [5, 5.41) is 0.